The molecule has 2 heterocycles. The number of likely N-dealkylation sites (tertiary alicyclic amines) is 1. The number of thiophene rings is 1. The van der Waals surface area contributed by atoms with Gasteiger partial charge in [-0.3, -0.25) is 0 Å². The Labute approximate surface area is 251 Å². The molecule has 4 rings (SSSR count). The number of amides is 2. The van der Waals surface area contributed by atoms with Crippen LogP contribution in [0.4, 0.5) is 10.5 Å². The monoisotopic (exact) mass is 644 g/mol. The maximum Gasteiger partial charge on any atom is 0.349 e. The minimum absolute atomic E-state index is 0.00938. The third-order valence-electron chi connectivity index (χ3n) is 6.99. The van der Waals surface area contributed by atoms with Gasteiger partial charge in [0.25, 0.3) is 0 Å². The van der Waals surface area contributed by atoms with Gasteiger partial charge in [0.1, 0.15) is 5.75 Å². The summed E-state index contributed by atoms with van der Waals surface area (Å²) in [5, 5.41) is 21.7. The van der Waals surface area contributed by atoms with Crippen molar-refractivity contribution in [2.45, 2.75) is 39.5 Å². The average molecular weight is 646 g/mol. The number of nitrogens with zero attached hydrogens (tertiary/aromatic N) is 1. The number of para-hydroxylation sites is 1. The molecule has 0 bridgehead atoms. The summed E-state index contributed by atoms with van der Waals surface area (Å²) in [4.78, 5) is 38.1. The average Bonchev–Trinajstić information content (AvgIpc) is 3.28. The number of piperidine rings is 1. The molecule has 41 heavy (non-hydrogen) atoms. The summed E-state index contributed by atoms with van der Waals surface area (Å²) in [5.41, 5.74) is 3.79. The number of nitrogens with one attached hydrogen (secondary N) is 1. The molecule has 0 aliphatic carbocycles. The zero-order valence-electron chi connectivity index (χ0n) is 23.1. The number of ether oxygens (including phenoxy) is 2. The summed E-state index contributed by atoms with van der Waals surface area (Å²) < 4.78 is 11.7. The molecule has 2 amide bonds. The Bertz CT molecular complexity index is 1430. The summed E-state index contributed by atoms with van der Waals surface area (Å²) in [7, 11) is 0. The minimum atomic E-state index is -1.20. The molecule has 1 aliphatic rings. The fraction of sp³-hybridized carbons (Fsp3) is 0.367. The molecule has 3 N–H and O–H groups in total. The van der Waals surface area contributed by atoms with Gasteiger partial charge in [0, 0.05) is 18.8 Å². The second-order valence-corrected chi connectivity index (χ2v) is 12.1. The number of rotatable bonds is 10. The van der Waals surface area contributed by atoms with Crippen LogP contribution in [0.25, 0.3) is 10.4 Å². The SMILES string of the molecule is Cc1cccc(C(C)C)c1NC(=O)N1CCC(COc2cccc(-c3sc(C(=O)O)c(OCC(=O)O)c3Br)c2)CC1. The first-order chi connectivity index (χ1) is 19.5. The zero-order chi connectivity index (χ0) is 29.7. The van der Waals surface area contributed by atoms with E-state index in [4.69, 9.17) is 14.6 Å². The molecular weight excluding hydrogens is 612 g/mol. The van der Waals surface area contributed by atoms with Gasteiger partial charge >= 0.3 is 18.0 Å². The van der Waals surface area contributed by atoms with Gasteiger partial charge in [-0.05, 0) is 76.4 Å². The van der Waals surface area contributed by atoms with E-state index in [-0.39, 0.29) is 22.6 Å². The number of urea groups is 1. The Morgan fingerprint density at radius 2 is 1.80 bits per heavy atom. The quantitative estimate of drug-likeness (QED) is 0.215. The highest BCUT2D eigenvalue weighted by molar-refractivity contribution is 9.10. The van der Waals surface area contributed by atoms with Crippen molar-refractivity contribution in [1.29, 1.82) is 0 Å². The summed E-state index contributed by atoms with van der Waals surface area (Å²) in [6.45, 7) is 7.37. The number of aromatic carboxylic acids is 1. The van der Waals surface area contributed by atoms with Crippen LogP contribution in [0.3, 0.4) is 0 Å². The van der Waals surface area contributed by atoms with Crippen molar-refractivity contribution >= 4 is 50.9 Å². The van der Waals surface area contributed by atoms with Crippen molar-refractivity contribution in [2.24, 2.45) is 5.92 Å². The molecule has 0 radical (unpaired) electrons. The number of carboxylic acids is 2. The van der Waals surface area contributed by atoms with Crippen LogP contribution in [-0.4, -0.2) is 59.4 Å². The first-order valence-electron chi connectivity index (χ1n) is 13.3. The molecular formula is C30H33BrN2O7S. The van der Waals surface area contributed by atoms with E-state index in [1.165, 1.54) is 0 Å². The van der Waals surface area contributed by atoms with E-state index in [2.05, 4.69) is 41.2 Å². The Balaban J connectivity index is 1.35. The standard InChI is InChI=1S/C30H33BrN2O7S/c1-17(2)22-9-4-6-18(3)25(22)32-30(38)33-12-10-19(11-13-33)15-39-21-8-5-7-20(14-21)27-24(31)26(40-16-23(34)35)28(41-27)29(36)37/h4-9,14,17,19H,10-13,15-16H2,1-3H3,(H,32,38)(H,34,35)(H,36,37). The Morgan fingerprint density at radius 1 is 1.10 bits per heavy atom. The third kappa shape index (κ3) is 7.39. The van der Waals surface area contributed by atoms with Gasteiger partial charge in [0.15, 0.2) is 17.2 Å². The molecule has 2 aromatic carbocycles. The topological polar surface area (TPSA) is 125 Å². The van der Waals surface area contributed by atoms with Crippen molar-refractivity contribution in [1.82, 2.24) is 4.90 Å². The van der Waals surface area contributed by atoms with E-state index >= 15 is 0 Å². The lowest BCUT2D eigenvalue weighted by Crippen LogP contribution is -2.42. The zero-order valence-corrected chi connectivity index (χ0v) is 25.5. The van der Waals surface area contributed by atoms with Crippen molar-refractivity contribution in [3.8, 4) is 21.9 Å². The fourth-order valence-corrected chi connectivity index (χ4v) is 6.65. The lowest BCUT2D eigenvalue weighted by Gasteiger charge is -2.32. The molecule has 1 saturated heterocycles. The summed E-state index contributed by atoms with van der Waals surface area (Å²) in [6, 6.07) is 13.3. The maximum atomic E-state index is 13.0. The van der Waals surface area contributed by atoms with Gasteiger partial charge in [-0.1, -0.05) is 44.2 Å². The second-order valence-electron chi connectivity index (χ2n) is 10.3. The maximum absolute atomic E-state index is 13.0. The first-order valence-corrected chi connectivity index (χ1v) is 14.9. The predicted octanol–water partition coefficient (Wildman–Crippen LogP) is 7.09. The molecule has 1 aliphatic heterocycles. The number of carboxylic acid groups (broad SMARTS) is 2. The highest BCUT2D eigenvalue weighted by Gasteiger charge is 2.26. The Kier molecular flexibility index (Phi) is 9.93. The Morgan fingerprint density at radius 3 is 2.46 bits per heavy atom. The molecule has 1 fully saturated rings. The number of carbonyl (C=O) groups excluding carboxylic acids is 1. The summed E-state index contributed by atoms with van der Waals surface area (Å²) >= 11 is 4.38. The van der Waals surface area contributed by atoms with Gasteiger partial charge in [-0.15, -0.1) is 11.3 Å². The van der Waals surface area contributed by atoms with Crippen LogP contribution in [-0.2, 0) is 4.79 Å². The fourth-order valence-electron chi connectivity index (χ4n) is 4.76. The third-order valence-corrected chi connectivity index (χ3v) is 9.21. The molecule has 0 spiro atoms. The van der Waals surface area contributed by atoms with Crippen molar-refractivity contribution in [2.75, 3.05) is 31.6 Å². The van der Waals surface area contributed by atoms with E-state index in [0.717, 1.165) is 46.6 Å². The number of carbonyl (C=O) groups is 3. The number of anilines is 1. The van der Waals surface area contributed by atoms with Crippen LogP contribution in [0.2, 0.25) is 0 Å². The van der Waals surface area contributed by atoms with E-state index in [1.54, 1.807) is 0 Å². The molecule has 0 saturated carbocycles. The molecule has 218 valence electrons. The van der Waals surface area contributed by atoms with Crippen LogP contribution in [0.1, 0.15) is 53.4 Å². The normalized spacial score (nSPS) is 13.7. The van der Waals surface area contributed by atoms with Gasteiger partial charge < -0.3 is 29.9 Å². The second kappa shape index (κ2) is 13.4. The van der Waals surface area contributed by atoms with Crippen molar-refractivity contribution < 1.29 is 34.1 Å². The molecule has 1 aromatic heterocycles. The highest BCUT2D eigenvalue weighted by atomic mass is 79.9. The number of hydrogen-bond donors (Lipinski definition) is 3. The molecule has 3 aromatic rings. The van der Waals surface area contributed by atoms with Gasteiger partial charge in [-0.25, -0.2) is 14.4 Å². The lowest BCUT2D eigenvalue weighted by molar-refractivity contribution is -0.139. The van der Waals surface area contributed by atoms with Crippen LogP contribution < -0.4 is 14.8 Å². The summed E-state index contributed by atoms with van der Waals surface area (Å²) in [6.07, 6.45) is 1.64. The first kappa shape index (κ1) is 30.4. The van der Waals surface area contributed by atoms with E-state index in [0.29, 0.717) is 40.7 Å². The Hall–Kier alpha value is -3.57. The van der Waals surface area contributed by atoms with Gasteiger partial charge in [0.05, 0.1) is 16.0 Å². The van der Waals surface area contributed by atoms with Crippen molar-refractivity contribution in [3.05, 3.63) is 62.9 Å². The van der Waals surface area contributed by atoms with Gasteiger partial charge in [0.2, 0.25) is 0 Å². The number of hydrogen-bond acceptors (Lipinski definition) is 6. The van der Waals surface area contributed by atoms with Crippen molar-refractivity contribution in [3.63, 3.8) is 0 Å². The number of aryl methyl sites for hydroxylation is 1. The molecule has 9 nitrogen and oxygen atoms in total. The van der Waals surface area contributed by atoms with Crippen LogP contribution in [0, 0.1) is 12.8 Å². The van der Waals surface area contributed by atoms with E-state index in [1.807, 2.05) is 48.2 Å². The van der Waals surface area contributed by atoms with Gasteiger partial charge in [-0.2, -0.15) is 0 Å². The largest absolute Gasteiger partial charge is 0.493 e. The number of halogens is 1. The number of aliphatic carboxylic acids is 1. The lowest BCUT2D eigenvalue weighted by atomic mass is 9.97. The van der Waals surface area contributed by atoms with E-state index < -0.39 is 18.5 Å². The molecule has 11 heteroatoms. The highest BCUT2D eigenvalue weighted by Crippen LogP contribution is 2.46. The predicted molar refractivity (Wildman–Crippen MR) is 162 cm³/mol. The van der Waals surface area contributed by atoms with Crippen LogP contribution in [0.15, 0.2) is 46.9 Å². The van der Waals surface area contributed by atoms with E-state index in [9.17, 15) is 19.5 Å². The van der Waals surface area contributed by atoms with Crippen LogP contribution in [0.5, 0.6) is 11.5 Å². The number of benzene rings is 2. The smallest absolute Gasteiger partial charge is 0.349 e. The molecule has 0 atom stereocenters. The van der Waals surface area contributed by atoms with Crippen LogP contribution >= 0.6 is 27.3 Å². The summed E-state index contributed by atoms with van der Waals surface area (Å²) in [5.74, 6) is -1.18. The molecule has 0 unspecified atom stereocenters. The minimum Gasteiger partial charge on any atom is -0.493 e.